The second-order valence-electron chi connectivity index (χ2n) is 5.90. The van der Waals surface area contributed by atoms with Crippen LogP contribution in [0.1, 0.15) is 39.6 Å². The third-order valence-electron chi connectivity index (χ3n) is 4.35. The maximum atomic E-state index is 14.3. The van der Waals surface area contributed by atoms with Crippen molar-refractivity contribution in [3.63, 3.8) is 0 Å². The van der Waals surface area contributed by atoms with Gasteiger partial charge in [0.15, 0.2) is 5.78 Å². The van der Waals surface area contributed by atoms with E-state index in [1.165, 1.54) is 13.0 Å². The summed E-state index contributed by atoms with van der Waals surface area (Å²) in [5, 5.41) is 3.98. The molecule has 2 heterocycles. The average molecular weight is 362 g/mol. The molecule has 132 valence electrons. The Labute approximate surface area is 149 Å². The number of carbonyl (C=O) groups is 2. The van der Waals surface area contributed by atoms with Crippen molar-refractivity contribution in [2.45, 2.75) is 20.3 Å². The van der Waals surface area contributed by atoms with Crippen molar-refractivity contribution in [2.24, 2.45) is 0 Å². The van der Waals surface area contributed by atoms with E-state index in [1.54, 1.807) is 17.0 Å². The summed E-state index contributed by atoms with van der Waals surface area (Å²) in [5.74, 6) is -0.628. The quantitative estimate of drug-likeness (QED) is 0.782. The Kier molecular flexibility index (Phi) is 5.08. The molecular weight excluding hydrogens is 343 g/mol. The first-order valence-corrected chi connectivity index (χ1v) is 8.94. The van der Waals surface area contributed by atoms with Crippen LogP contribution in [0.2, 0.25) is 0 Å². The van der Waals surface area contributed by atoms with Crippen molar-refractivity contribution in [3.8, 4) is 0 Å². The molecule has 0 unspecified atom stereocenters. The summed E-state index contributed by atoms with van der Waals surface area (Å²) >= 11 is 1.12. The van der Waals surface area contributed by atoms with E-state index >= 15 is 0 Å². The summed E-state index contributed by atoms with van der Waals surface area (Å²) < 4.78 is 18.1. The van der Waals surface area contributed by atoms with Crippen molar-refractivity contribution in [2.75, 3.05) is 31.1 Å². The Hall–Kier alpha value is -2.35. The number of halogens is 1. The first-order valence-electron chi connectivity index (χ1n) is 8.17. The van der Waals surface area contributed by atoms with Gasteiger partial charge in [-0.1, -0.05) is 11.4 Å². The number of aryl methyl sites for hydroxylation is 1. The average Bonchev–Trinajstić information content (AvgIpc) is 3.10. The van der Waals surface area contributed by atoms with Crippen LogP contribution in [0.4, 0.5) is 10.1 Å². The van der Waals surface area contributed by atoms with Crippen LogP contribution in [-0.4, -0.2) is 52.4 Å². The smallest absolute Gasteiger partial charge is 0.267 e. The van der Waals surface area contributed by atoms with Crippen molar-refractivity contribution in [3.05, 3.63) is 40.2 Å². The van der Waals surface area contributed by atoms with Crippen molar-refractivity contribution in [1.82, 2.24) is 14.5 Å². The molecule has 1 fully saturated rings. The molecule has 0 saturated carbocycles. The lowest BCUT2D eigenvalue weighted by Gasteiger charge is -2.36. The highest BCUT2D eigenvalue weighted by Crippen LogP contribution is 2.23. The molecule has 3 rings (SSSR count). The lowest BCUT2D eigenvalue weighted by molar-refractivity contribution is 0.0750. The van der Waals surface area contributed by atoms with Gasteiger partial charge in [0.2, 0.25) is 0 Å². The fraction of sp³-hybridized carbons (Fsp3) is 0.412. The summed E-state index contributed by atoms with van der Waals surface area (Å²) in [7, 11) is 0. The van der Waals surface area contributed by atoms with Crippen LogP contribution in [0.5, 0.6) is 0 Å². The minimum atomic E-state index is -0.410. The van der Waals surface area contributed by atoms with Gasteiger partial charge in [0.05, 0.1) is 11.4 Å². The molecule has 1 amide bonds. The Morgan fingerprint density at radius 3 is 2.56 bits per heavy atom. The van der Waals surface area contributed by atoms with Crippen LogP contribution in [0.3, 0.4) is 0 Å². The van der Waals surface area contributed by atoms with Gasteiger partial charge in [0, 0.05) is 31.7 Å². The molecule has 1 saturated heterocycles. The SMILES string of the molecule is CCc1nnsc1C(=O)N1CCN(c2ccc(C(C)=O)cc2F)CC1. The Morgan fingerprint density at radius 1 is 1.24 bits per heavy atom. The highest BCUT2D eigenvalue weighted by atomic mass is 32.1. The normalized spacial score (nSPS) is 14.7. The number of carbonyl (C=O) groups excluding carboxylic acids is 2. The predicted octanol–water partition coefficient (Wildman–Crippen LogP) is 2.40. The van der Waals surface area contributed by atoms with E-state index in [-0.39, 0.29) is 11.7 Å². The number of rotatable bonds is 4. The molecule has 2 aromatic rings. The minimum absolute atomic E-state index is 0.0566. The topological polar surface area (TPSA) is 66.4 Å². The number of nitrogens with zero attached hydrogens (tertiary/aromatic N) is 4. The molecule has 0 bridgehead atoms. The van der Waals surface area contributed by atoms with E-state index in [9.17, 15) is 14.0 Å². The van der Waals surface area contributed by atoms with Gasteiger partial charge < -0.3 is 9.80 Å². The van der Waals surface area contributed by atoms with Gasteiger partial charge in [-0.15, -0.1) is 5.10 Å². The van der Waals surface area contributed by atoms with Gasteiger partial charge in [-0.2, -0.15) is 0 Å². The van der Waals surface area contributed by atoms with E-state index in [2.05, 4.69) is 9.59 Å². The third kappa shape index (κ3) is 3.53. The van der Waals surface area contributed by atoms with Crippen LogP contribution in [0.25, 0.3) is 0 Å². The monoisotopic (exact) mass is 362 g/mol. The van der Waals surface area contributed by atoms with Gasteiger partial charge in [0.25, 0.3) is 5.91 Å². The van der Waals surface area contributed by atoms with Crippen LogP contribution in [-0.2, 0) is 6.42 Å². The number of aromatic nitrogens is 2. The summed E-state index contributed by atoms with van der Waals surface area (Å²) in [6.07, 6.45) is 0.672. The number of anilines is 1. The van der Waals surface area contributed by atoms with E-state index in [0.717, 1.165) is 17.2 Å². The molecule has 1 aromatic heterocycles. The number of ketones is 1. The molecule has 25 heavy (non-hydrogen) atoms. The molecule has 6 nitrogen and oxygen atoms in total. The third-order valence-corrected chi connectivity index (χ3v) is 5.10. The second-order valence-corrected chi connectivity index (χ2v) is 6.66. The summed E-state index contributed by atoms with van der Waals surface area (Å²) in [5.41, 5.74) is 1.55. The lowest BCUT2D eigenvalue weighted by atomic mass is 10.1. The zero-order chi connectivity index (χ0) is 18.0. The van der Waals surface area contributed by atoms with Crippen LogP contribution in [0.15, 0.2) is 18.2 Å². The first kappa shape index (κ1) is 17.5. The molecule has 8 heteroatoms. The van der Waals surface area contributed by atoms with Gasteiger partial charge in [-0.3, -0.25) is 9.59 Å². The van der Waals surface area contributed by atoms with E-state index in [0.29, 0.717) is 48.7 Å². The summed E-state index contributed by atoms with van der Waals surface area (Å²) in [6, 6.07) is 4.53. The fourth-order valence-electron chi connectivity index (χ4n) is 2.88. The van der Waals surface area contributed by atoms with Crippen molar-refractivity contribution in [1.29, 1.82) is 0 Å². The number of Topliss-reactive ketones (excluding diaryl/α,β-unsaturated/α-hetero) is 1. The van der Waals surface area contributed by atoms with E-state index in [4.69, 9.17) is 0 Å². The second kappa shape index (κ2) is 7.26. The zero-order valence-electron chi connectivity index (χ0n) is 14.2. The highest BCUT2D eigenvalue weighted by Gasteiger charge is 2.26. The molecule has 0 radical (unpaired) electrons. The van der Waals surface area contributed by atoms with Crippen molar-refractivity contribution < 1.29 is 14.0 Å². The Morgan fingerprint density at radius 2 is 1.96 bits per heavy atom. The van der Waals surface area contributed by atoms with Gasteiger partial charge in [-0.25, -0.2) is 4.39 Å². The number of benzene rings is 1. The van der Waals surface area contributed by atoms with Gasteiger partial charge >= 0.3 is 0 Å². The van der Waals surface area contributed by atoms with E-state index in [1.807, 2.05) is 11.8 Å². The molecule has 0 atom stereocenters. The number of hydrogen-bond acceptors (Lipinski definition) is 6. The maximum Gasteiger partial charge on any atom is 0.267 e. The van der Waals surface area contributed by atoms with Crippen LogP contribution < -0.4 is 4.90 Å². The maximum absolute atomic E-state index is 14.3. The van der Waals surface area contributed by atoms with Crippen molar-refractivity contribution >= 4 is 28.9 Å². The lowest BCUT2D eigenvalue weighted by Crippen LogP contribution is -2.49. The Bertz CT molecular complexity index is 800. The van der Waals surface area contributed by atoms with Gasteiger partial charge in [0.1, 0.15) is 10.7 Å². The van der Waals surface area contributed by atoms with E-state index < -0.39 is 5.82 Å². The minimum Gasteiger partial charge on any atom is -0.366 e. The molecule has 1 aliphatic rings. The largest absolute Gasteiger partial charge is 0.366 e. The number of piperazine rings is 1. The molecular formula is C17H19FN4O2S. The predicted molar refractivity (Wildman–Crippen MR) is 93.8 cm³/mol. The number of hydrogen-bond donors (Lipinski definition) is 0. The first-order chi connectivity index (χ1) is 12.0. The Balaban J connectivity index is 1.68. The standard InChI is InChI=1S/C17H19FN4O2S/c1-3-14-16(25-20-19-14)17(24)22-8-6-21(7-9-22)15-5-4-12(11(2)23)10-13(15)18/h4-5,10H,3,6-9H2,1-2H3. The van der Waals surface area contributed by atoms with Crippen LogP contribution in [0, 0.1) is 5.82 Å². The number of amides is 1. The fourth-order valence-corrected chi connectivity index (χ4v) is 3.60. The molecule has 1 aromatic carbocycles. The van der Waals surface area contributed by atoms with Gasteiger partial charge in [-0.05, 0) is 43.1 Å². The van der Waals surface area contributed by atoms with Crippen LogP contribution >= 0.6 is 11.5 Å². The highest BCUT2D eigenvalue weighted by molar-refractivity contribution is 7.08. The summed E-state index contributed by atoms with van der Waals surface area (Å²) in [6.45, 7) is 5.45. The zero-order valence-corrected chi connectivity index (χ0v) is 15.0. The summed E-state index contributed by atoms with van der Waals surface area (Å²) in [4.78, 5) is 28.2. The molecule has 0 N–H and O–H groups in total. The molecule has 1 aliphatic heterocycles. The molecule has 0 aliphatic carbocycles. The molecule has 0 spiro atoms.